The van der Waals surface area contributed by atoms with Crippen molar-refractivity contribution in [2.45, 2.75) is 32.1 Å². The smallest absolute Gasteiger partial charge is 0.0628 e. The molecule has 0 bridgehead atoms. The van der Waals surface area contributed by atoms with Crippen LogP contribution in [0.5, 0.6) is 0 Å². The van der Waals surface area contributed by atoms with Crippen molar-refractivity contribution in [2.24, 2.45) is 0 Å². The van der Waals surface area contributed by atoms with E-state index in [4.69, 9.17) is 9.84 Å². The zero-order chi connectivity index (χ0) is 8.69. The lowest BCUT2D eigenvalue weighted by atomic mass is 10.3. The first-order valence-electron chi connectivity index (χ1n) is 4.06. The fraction of sp³-hybridized carbons (Fsp3) is 1.00. The molecule has 68 valence electrons. The molecule has 0 aromatic rings. The third-order valence-electron chi connectivity index (χ3n) is 1.49. The van der Waals surface area contributed by atoms with Gasteiger partial charge in [0.2, 0.25) is 0 Å². The van der Waals surface area contributed by atoms with Crippen LogP contribution >= 0.6 is 11.8 Å². The number of hydrogen-bond donors (Lipinski definition) is 1. The first-order valence-corrected chi connectivity index (χ1v) is 5.10. The summed E-state index contributed by atoms with van der Waals surface area (Å²) in [7, 11) is 0. The highest BCUT2D eigenvalue weighted by atomic mass is 32.2. The highest BCUT2D eigenvalue weighted by Gasteiger charge is 2.07. The number of rotatable bonds is 6. The Morgan fingerprint density at radius 2 is 2.09 bits per heavy atom. The summed E-state index contributed by atoms with van der Waals surface area (Å²) < 4.78 is 5.16. The number of aliphatic hydroxyl groups is 1. The molecule has 2 atom stereocenters. The second kappa shape index (κ2) is 6.95. The van der Waals surface area contributed by atoms with E-state index in [2.05, 4.69) is 0 Å². The number of ether oxygens (including phenoxy) is 1. The molecule has 0 saturated carbocycles. The molecule has 0 aromatic heterocycles. The van der Waals surface area contributed by atoms with Crippen molar-refractivity contribution in [1.82, 2.24) is 0 Å². The lowest BCUT2D eigenvalue weighted by Crippen LogP contribution is -2.16. The van der Waals surface area contributed by atoms with E-state index in [0.717, 1.165) is 19.0 Å². The van der Waals surface area contributed by atoms with Crippen molar-refractivity contribution < 1.29 is 9.84 Å². The Morgan fingerprint density at radius 3 is 2.55 bits per heavy atom. The van der Waals surface area contributed by atoms with Crippen LogP contribution in [0.3, 0.4) is 0 Å². The van der Waals surface area contributed by atoms with Crippen LogP contribution < -0.4 is 0 Å². The molecule has 0 aliphatic rings. The fourth-order valence-electron chi connectivity index (χ4n) is 0.577. The average molecular weight is 178 g/mol. The Bertz CT molecular complexity index is 86.2. The van der Waals surface area contributed by atoms with E-state index in [9.17, 15) is 0 Å². The molecule has 0 heterocycles. The molecule has 2 nitrogen and oxygen atoms in total. The number of thioether (sulfide) groups is 1. The molecule has 0 fully saturated rings. The van der Waals surface area contributed by atoms with Gasteiger partial charge in [-0.25, -0.2) is 0 Å². The summed E-state index contributed by atoms with van der Waals surface area (Å²) in [5, 5.41) is 9.43. The molecule has 11 heavy (non-hydrogen) atoms. The van der Waals surface area contributed by atoms with Gasteiger partial charge in [0.25, 0.3) is 0 Å². The molecular weight excluding hydrogens is 160 g/mol. The third-order valence-corrected chi connectivity index (χ3v) is 2.81. The van der Waals surface area contributed by atoms with E-state index in [1.54, 1.807) is 11.8 Å². The van der Waals surface area contributed by atoms with Crippen LogP contribution in [0, 0.1) is 0 Å². The summed E-state index contributed by atoms with van der Waals surface area (Å²) in [4.78, 5) is 0. The first kappa shape index (κ1) is 11.3. The second-order valence-electron chi connectivity index (χ2n) is 2.51. The quantitative estimate of drug-likeness (QED) is 0.625. The second-order valence-corrected chi connectivity index (χ2v) is 4.00. The minimum absolute atomic E-state index is 0.221. The molecule has 0 rings (SSSR count). The summed E-state index contributed by atoms with van der Waals surface area (Å²) in [6, 6.07) is 0. The highest BCUT2D eigenvalue weighted by Crippen LogP contribution is 2.13. The van der Waals surface area contributed by atoms with Crippen molar-refractivity contribution in [1.29, 1.82) is 0 Å². The van der Waals surface area contributed by atoms with Gasteiger partial charge in [-0.2, -0.15) is 11.8 Å². The molecule has 0 radical (unpaired) electrons. The van der Waals surface area contributed by atoms with Gasteiger partial charge in [-0.3, -0.25) is 0 Å². The van der Waals surface area contributed by atoms with Gasteiger partial charge in [0.05, 0.1) is 12.7 Å². The molecule has 3 heteroatoms. The Hall–Kier alpha value is 0.270. The van der Waals surface area contributed by atoms with Crippen LogP contribution in [0.1, 0.15) is 20.8 Å². The van der Waals surface area contributed by atoms with Crippen LogP contribution in [-0.4, -0.2) is 35.4 Å². The Kier molecular flexibility index (Phi) is 7.12. The van der Waals surface area contributed by atoms with Gasteiger partial charge in [-0.1, -0.05) is 6.92 Å². The average Bonchev–Trinajstić information content (AvgIpc) is 1.97. The summed E-state index contributed by atoms with van der Waals surface area (Å²) in [5.41, 5.74) is 0. The van der Waals surface area contributed by atoms with Crippen molar-refractivity contribution >= 4 is 11.8 Å². The van der Waals surface area contributed by atoms with Crippen LogP contribution in [0.15, 0.2) is 0 Å². The maximum atomic E-state index is 9.12. The normalized spacial score (nSPS) is 16.4. The van der Waals surface area contributed by atoms with Gasteiger partial charge >= 0.3 is 0 Å². The molecular formula is C8H18O2S. The van der Waals surface area contributed by atoms with Gasteiger partial charge in [-0.15, -0.1) is 0 Å². The lowest BCUT2D eigenvalue weighted by molar-refractivity contribution is 0.164. The standard InChI is InChI=1S/C8H18O2S/c1-4-10-5-6-11-8(3)7(2)9/h7-9H,4-6H2,1-3H3. The molecule has 0 amide bonds. The van der Waals surface area contributed by atoms with Crippen LogP contribution in [0.2, 0.25) is 0 Å². The molecule has 0 aliphatic carbocycles. The molecule has 0 saturated heterocycles. The zero-order valence-electron chi connectivity index (χ0n) is 7.54. The minimum atomic E-state index is -0.221. The predicted octanol–water partition coefficient (Wildman–Crippen LogP) is 1.53. The third kappa shape index (κ3) is 6.66. The van der Waals surface area contributed by atoms with Gasteiger partial charge in [0.15, 0.2) is 0 Å². The van der Waals surface area contributed by atoms with E-state index < -0.39 is 0 Å². The van der Waals surface area contributed by atoms with E-state index in [-0.39, 0.29) is 6.10 Å². The van der Waals surface area contributed by atoms with Crippen molar-refractivity contribution in [3.8, 4) is 0 Å². The lowest BCUT2D eigenvalue weighted by Gasteiger charge is -2.13. The van der Waals surface area contributed by atoms with Crippen LogP contribution in [0.4, 0.5) is 0 Å². The summed E-state index contributed by atoms with van der Waals surface area (Å²) >= 11 is 1.75. The van der Waals surface area contributed by atoms with Crippen molar-refractivity contribution in [2.75, 3.05) is 19.0 Å². The van der Waals surface area contributed by atoms with Gasteiger partial charge in [-0.05, 0) is 13.8 Å². The molecule has 0 aliphatic heterocycles. The predicted molar refractivity (Wildman–Crippen MR) is 50.1 cm³/mol. The molecule has 1 N–H and O–H groups in total. The fourth-order valence-corrected chi connectivity index (χ4v) is 1.44. The minimum Gasteiger partial charge on any atom is -0.392 e. The largest absolute Gasteiger partial charge is 0.392 e. The highest BCUT2D eigenvalue weighted by molar-refractivity contribution is 7.99. The zero-order valence-corrected chi connectivity index (χ0v) is 8.36. The van der Waals surface area contributed by atoms with E-state index >= 15 is 0 Å². The summed E-state index contributed by atoms with van der Waals surface area (Å²) in [6.07, 6.45) is -0.221. The van der Waals surface area contributed by atoms with Gasteiger partial charge in [0, 0.05) is 17.6 Å². The topological polar surface area (TPSA) is 29.5 Å². The summed E-state index contributed by atoms with van der Waals surface area (Å²) in [6.45, 7) is 7.41. The van der Waals surface area contributed by atoms with E-state index in [1.807, 2.05) is 20.8 Å². The Labute approximate surface area is 73.3 Å². The van der Waals surface area contributed by atoms with Crippen molar-refractivity contribution in [3.05, 3.63) is 0 Å². The molecule has 0 spiro atoms. The van der Waals surface area contributed by atoms with Gasteiger partial charge in [0.1, 0.15) is 0 Å². The Balaban J connectivity index is 3.10. The molecule has 0 aromatic carbocycles. The molecule has 2 unspecified atom stereocenters. The van der Waals surface area contributed by atoms with E-state index in [1.165, 1.54) is 0 Å². The maximum absolute atomic E-state index is 9.12. The van der Waals surface area contributed by atoms with Crippen molar-refractivity contribution in [3.63, 3.8) is 0 Å². The van der Waals surface area contributed by atoms with Crippen LogP contribution in [-0.2, 0) is 4.74 Å². The Morgan fingerprint density at radius 1 is 1.45 bits per heavy atom. The number of hydrogen-bond acceptors (Lipinski definition) is 3. The van der Waals surface area contributed by atoms with Gasteiger partial charge < -0.3 is 9.84 Å². The van der Waals surface area contributed by atoms with Crippen LogP contribution in [0.25, 0.3) is 0 Å². The van der Waals surface area contributed by atoms with E-state index in [0.29, 0.717) is 5.25 Å². The summed E-state index contributed by atoms with van der Waals surface area (Å²) in [5.74, 6) is 0.972. The number of aliphatic hydroxyl groups excluding tert-OH is 1. The monoisotopic (exact) mass is 178 g/mol. The first-order chi connectivity index (χ1) is 5.18. The maximum Gasteiger partial charge on any atom is 0.0628 e. The SMILES string of the molecule is CCOCCSC(C)C(C)O.